The summed E-state index contributed by atoms with van der Waals surface area (Å²) >= 11 is 0. The van der Waals surface area contributed by atoms with Crippen LogP contribution in [-0.4, -0.2) is 37.3 Å². The SMILES string of the molecule is CC(=O)OC1=CC=CC2C(=O)C3=C(CC4OC45CC(C)([Si](C)(C)c4ccccc4)CCC35)C(=O)C12. The van der Waals surface area contributed by atoms with Gasteiger partial charge < -0.3 is 9.47 Å². The number of fused-ring (bicyclic) bond motifs is 2. The maximum atomic E-state index is 13.9. The van der Waals surface area contributed by atoms with Crippen LogP contribution in [0.25, 0.3) is 0 Å². The summed E-state index contributed by atoms with van der Waals surface area (Å²) in [7, 11) is -1.84. The van der Waals surface area contributed by atoms with Crippen LogP contribution in [0.3, 0.4) is 0 Å². The van der Waals surface area contributed by atoms with Gasteiger partial charge in [0.1, 0.15) is 11.4 Å². The second-order valence-electron chi connectivity index (χ2n) is 11.8. The Hall–Kier alpha value is -2.57. The van der Waals surface area contributed by atoms with Gasteiger partial charge in [0.2, 0.25) is 0 Å². The van der Waals surface area contributed by atoms with E-state index in [0.717, 1.165) is 19.3 Å². The highest BCUT2D eigenvalue weighted by molar-refractivity contribution is 6.92. The molecule has 6 rings (SSSR count). The molecule has 5 nitrogen and oxygen atoms in total. The molecule has 0 aromatic heterocycles. The van der Waals surface area contributed by atoms with E-state index in [1.807, 2.05) is 0 Å². The minimum atomic E-state index is -1.84. The molecule has 0 bridgehead atoms. The fourth-order valence-electron chi connectivity index (χ4n) is 7.44. The van der Waals surface area contributed by atoms with Crippen LogP contribution in [0.1, 0.15) is 39.5 Å². The summed E-state index contributed by atoms with van der Waals surface area (Å²) in [6.07, 6.45) is 8.46. The summed E-state index contributed by atoms with van der Waals surface area (Å²) in [5.41, 5.74) is 0.997. The van der Waals surface area contributed by atoms with Gasteiger partial charge in [-0.1, -0.05) is 67.7 Å². The number of hydrogen-bond donors (Lipinski definition) is 0. The normalized spacial score (nSPS) is 37.5. The number of ether oxygens (including phenoxy) is 2. The fraction of sp³-hybridized carbons (Fsp3) is 0.483. The molecule has 35 heavy (non-hydrogen) atoms. The van der Waals surface area contributed by atoms with Gasteiger partial charge in [0, 0.05) is 30.4 Å². The maximum Gasteiger partial charge on any atom is 0.307 e. The van der Waals surface area contributed by atoms with Gasteiger partial charge in [-0.15, -0.1) is 0 Å². The molecule has 182 valence electrons. The minimum absolute atomic E-state index is 0.0139. The van der Waals surface area contributed by atoms with Crippen LogP contribution in [0, 0.1) is 17.8 Å². The zero-order valence-electron chi connectivity index (χ0n) is 20.8. The van der Waals surface area contributed by atoms with E-state index in [2.05, 4.69) is 50.3 Å². The number of carbonyl (C=O) groups excluding carboxylic acids is 3. The number of esters is 1. The van der Waals surface area contributed by atoms with Gasteiger partial charge in [-0.3, -0.25) is 14.4 Å². The lowest BCUT2D eigenvalue weighted by atomic mass is 9.58. The maximum absolute atomic E-state index is 13.9. The summed E-state index contributed by atoms with van der Waals surface area (Å²) < 4.78 is 11.8. The molecule has 1 aliphatic heterocycles. The number of Topliss-reactive ketones (excluding diaryl/α,β-unsaturated/α-hetero) is 2. The molecule has 1 heterocycles. The number of allylic oxidation sites excluding steroid dienone is 4. The summed E-state index contributed by atoms with van der Waals surface area (Å²) in [6, 6.07) is 10.9. The van der Waals surface area contributed by atoms with Crippen LogP contribution >= 0.6 is 0 Å². The van der Waals surface area contributed by atoms with Gasteiger partial charge in [0.05, 0.1) is 26.0 Å². The lowest BCUT2D eigenvalue weighted by Gasteiger charge is -2.52. The predicted octanol–water partition coefficient (Wildman–Crippen LogP) is 4.40. The number of hydrogen-bond acceptors (Lipinski definition) is 5. The first-order chi connectivity index (χ1) is 16.6. The quantitative estimate of drug-likeness (QED) is 0.358. The van der Waals surface area contributed by atoms with Crippen molar-refractivity contribution in [3.05, 3.63) is 65.5 Å². The molecule has 1 saturated carbocycles. The third-order valence-corrected chi connectivity index (χ3v) is 15.0. The Labute approximate surface area is 207 Å². The molecule has 1 spiro atoms. The van der Waals surface area contributed by atoms with Crippen molar-refractivity contribution < 1.29 is 23.9 Å². The number of benzene rings is 1. The summed E-state index contributed by atoms with van der Waals surface area (Å²) in [4.78, 5) is 39.2. The first-order valence-corrected chi connectivity index (χ1v) is 15.7. The second-order valence-corrected chi connectivity index (χ2v) is 16.8. The fourth-order valence-corrected chi connectivity index (χ4v) is 10.7. The number of rotatable bonds is 3. The van der Waals surface area contributed by atoms with E-state index in [-0.39, 0.29) is 40.0 Å². The number of epoxide rings is 1. The smallest absolute Gasteiger partial charge is 0.307 e. The predicted molar refractivity (Wildman–Crippen MR) is 134 cm³/mol. The standard InChI is InChI=1S/C29H32O5Si/c1-17(30)33-22-12-8-11-19-25(22)27(32)20-15-23-29(34-23)16-28(2,14-13-21(29)24(20)26(19)31)35(3,4)18-9-6-5-7-10-18/h5-12,19,21,23,25H,13-16H2,1-4H3. The van der Waals surface area contributed by atoms with E-state index < -0.39 is 25.9 Å². The van der Waals surface area contributed by atoms with Crippen molar-refractivity contribution >= 4 is 30.8 Å². The van der Waals surface area contributed by atoms with Crippen LogP contribution < -0.4 is 5.19 Å². The molecule has 6 unspecified atom stereocenters. The van der Waals surface area contributed by atoms with Crippen molar-refractivity contribution in [1.82, 2.24) is 0 Å². The van der Waals surface area contributed by atoms with Gasteiger partial charge in [0.15, 0.2) is 11.6 Å². The molecular weight excluding hydrogens is 456 g/mol. The van der Waals surface area contributed by atoms with E-state index >= 15 is 0 Å². The molecule has 6 heteroatoms. The van der Waals surface area contributed by atoms with Gasteiger partial charge in [0.25, 0.3) is 0 Å². The first kappa shape index (κ1) is 22.9. The van der Waals surface area contributed by atoms with Crippen molar-refractivity contribution in [1.29, 1.82) is 0 Å². The summed E-state index contributed by atoms with van der Waals surface area (Å²) in [5.74, 6) is -1.61. The highest BCUT2D eigenvalue weighted by atomic mass is 28.3. The monoisotopic (exact) mass is 488 g/mol. The third-order valence-electron chi connectivity index (χ3n) is 9.81. The number of carbonyl (C=O) groups is 3. The van der Waals surface area contributed by atoms with Crippen LogP contribution in [0.4, 0.5) is 0 Å². The molecule has 1 saturated heterocycles. The first-order valence-electron chi connectivity index (χ1n) is 12.7. The van der Waals surface area contributed by atoms with Gasteiger partial charge in [-0.2, -0.15) is 0 Å². The Balaban J connectivity index is 1.35. The highest BCUT2D eigenvalue weighted by Gasteiger charge is 2.71. The molecule has 1 aromatic rings. The molecule has 2 fully saturated rings. The Kier molecular flexibility index (Phi) is 4.88. The van der Waals surface area contributed by atoms with Crippen molar-refractivity contribution in [3.63, 3.8) is 0 Å². The van der Waals surface area contributed by atoms with E-state index in [1.165, 1.54) is 12.1 Å². The minimum Gasteiger partial charge on any atom is -0.430 e. The average Bonchev–Trinajstić information content (AvgIpc) is 3.52. The summed E-state index contributed by atoms with van der Waals surface area (Å²) in [6.45, 7) is 8.66. The van der Waals surface area contributed by atoms with E-state index in [9.17, 15) is 14.4 Å². The second kappa shape index (κ2) is 7.47. The molecule has 0 amide bonds. The Morgan fingerprint density at radius 2 is 1.89 bits per heavy atom. The molecule has 5 aliphatic rings. The number of ketones is 2. The lowest BCUT2D eigenvalue weighted by Crippen LogP contribution is -2.57. The molecule has 0 N–H and O–H groups in total. The van der Waals surface area contributed by atoms with Crippen molar-refractivity contribution in [2.24, 2.45) is 17.8 Å². The molecule has 1 aromatic carbocycles. The molecule has 0 radical (unpaired) electrons. The Morgan fingerprint density at radius 3 is 2.60 bits per heavy atom. The van der Waals surface area contributed by atoms with E-state index in [0.29, 0.717) is 17.6 Å². The van der Waals surface area contributed by atoms with Gasteiger partial charge >= 0.3 is 5.97 Å². The molecule has 6 atom stereocenters. The zero-order valence-corrected chi connectivity index (χ0v) is 21.8. The molecular formula is C29H32O5Si. The molecule has 4 aliphatic carbocycles. The third kappa shape index (κ3) is 3.12. The van der Waals surface area contributed by atoms with Crippen molar-refractivity contribution in [2.75, 3.05) is 0 Å². The van der Waals surface area contributed by atoms with Crippen LogP contribution in [0.5, 0.6) is 0 Å². The van der Waals surface area contributed by atoms with Crippen LogP contribution in [0.15, 0.2) is 65.5 Å². The van der Waals surface area contributed by atoms with E-state index in [1.54, 1.807) is 18.2 Å². The van der Waals surface area contributed by atoms with Gasteiger partial charge in [-0.05, 0) is 30.4 Å². The average molecular weight is 489 g/mol. The zero-order chi connectivity index (χ0) is 24.8. The van der Waals surface area contributed by atoms with Crippen LogP contribution in [0.2, 0.25) is 18.1 Å². The van der Waals surface area contributed by atoms with Crippen molar-refractivity contribution in [3.8, 4) is 0 Å². The lowest BCUT2D eigenvalue weighted by molar-refractivity contribution is -0.140. The Morgan fingerprint density at radius 1 is 1.14 bits per heavy atom. The van der Waals surface area contributed by atoms with Crippen molar-refractivity contribution in [2.45, 2.75) is 69.4 Å². The Bertz CT molecular complexity index is 1240. The summed E-state index contributed by atoms with van der Waals surface area (Å²) in [5, 5.41) is 1.59. The van der Waals surface area contributed by atoms with Gasteiger partial charge in [-0.25, -0.2) is 0 Å². The largest absolute Gasteiger partial charge is 0.430 e. The van der Waals surface area contributed by atoms with E-state index in [4.69, 9.17) is 9.47 Å². The topological polar surface area (TPSA) is 73.0 Å². The van der Waals surface area contributed by atoms with Crippen LogP contribution in [-0.2, 0) is 23.9 Å². The highest BCUT2D eigenvalue weighted by Crippen LogP contribution is 2.68.